The van der Waals surface area contributed by atoms with Crippen LogP contribution in [0.1, 0.15) is 11.4 Å². The molecule has 0 atom stereocenters. The second-order valence-corrected chi connectivity index (χ2v) is 5.34. The highest BCUT2D eigenvalue weighted by atomic mass is 15.2. The van der Waals surface area contributed by atoms with E-state index in [1.54, 1.807) is 6.07 Å². The molecule has 118 valence electrons. The lowest BCUT2D eigenvalue weighted by Crippen LogP contribution is -2.13. The van der Waals surface area contributed by atoms with Crippen molar-refractivity contribution in [2.75, 3.05) is 17.3 Å². The van der Waals surface area contributed by atoms with E-state index < -0.39 is 0 Å². The van der Waals surface area contributed by atoms with Gasteiger partial charge in [-0.3, -0.25) is 0 Å². The molecule has 24 heavy (non-hydrogen) atoms. The van der Waals surface area contributed by atoms with Gasteiger partial charge in [-0.1, -0.05) is 30.3 Å². The van der Waals surface area contributed by atoms with Crippen LogP contribution in [0.15, 0.2) is 60.7 Å². The van der Waals surface area contributed by atoms with Crippen LogP contribution in [0, 0.1) is 18.3 Å². The summed E-state index contributed by atoms with van der Waals surface area (Å²) in [6.45, 7) is 1.85. The number of hydrogen-bond donors (Lipinski definition) is 1. The number of nitriles is 1. The number of aryl methyl sites for hydroxylation is 1. The van der Waals surface area contributed by atoms with Gasteiger partial charge < -0.3 is 10.2 Å². The quantitative estimate of drug-likeness (QED) is 0.783. The van der Waals surface area contributed by atoms with Crippen molar-refractivity contribution in [2.45, 2.75) is 6.92 Å². The highest BCUT2D eigenvalue weighted by molar-refractivity contribution is 5.68. The Balaban J connectivity index is 1.94. The first-order chi connectivity index (χ1) is 11.7. The Labute approximate surface area is 141 Å². The van der Waals surface area contributed by atoms with E-state index in [0.717, 1.165) is 17.2 Å². The molecule has 0 saturated carbocycles. The fourth-order valence-corrected chi connectivity index (χ4v) is 2.40. The molecule has 0 aliphatic rings. The number of hydrogen-bond acceptors (Lipinski definition) is 5. The van der Waals surface area contributed by atoms with Crippen LogP contribution >= 0.6 is 0 Å². The van der Waals surface area contributed by atoms with Crippen molar-refractivity contribution in [3.63, 3.8) is 0 Å². The smallest absolute Gasteiger partial charge is 0.138 e. The van der Waals surface area contributed by atoms with Gasteiger partial charge in [-0.15, -0.1) is 0 Å². The average molecular weight is 315 g/mol. The Morgan fingerprint density at radius 3 is 2.46 bits per heavy atom. The molecule has 1 heterocycles. The first kappa shape index (κ1) is 15.5. The maximum absolute atomic E-state index is 9.21. The van der Waals surface area contributed by atoms with Crippen LogP contribution in [0.2, 0.25) is 0 Å². The molecular weight excluding hydrogens is 298 g/mol. The van der Waals surface area contributed by atoms with Crippen molar-refractivity contribution in [1.82, 2.24) is 9.97 Å². The molecule has 1 N–H and O–H groups in total. The van der Waals surface area contributed by atoms with E-state index >= 15 is 0 Å². The highest BCUT2D eigenvalue weighted by Gasteiger charge is 2.09. The number of anilines is 4. The number of benzene rings is 2. The molecule has 2 aromatic carbocycles. The summed E-state index contributed by atoms with van der Waals surface area (Å²) in [5, 5.41) is 12.4. The van der Waals surface area contributed by atoms with E-state index in [0.29, 0.717) is 17.2 Å². The molecule has 1 aromatic heterocycles. The molecule has 0 aliphatic heterocycles. The molecule has 0 amide bonds. The fraction of sp³-hybridized carbons (Fsp3) is 0.105. The fourth-order valence-electron chi connectivity index (χ4n) is 2.40. The third-order valence-electron chi connectivity index (χ3n) is 3.62. The van der Waals surface area contributed by atoms with E-state index in [2.05, 4.69) is 21.4 Å². The number of nitrogens with one attached hydrogen (secondary N) is 1. The predicted molar refractivity (Wildman–Crippen MR) is 95.7 cm³/mol. The van der Waals surface area contributed by atoms with Crippen molar-refractivity contribution < 1.29 is 0 Å². The zero-order valence-electron chi connectivity index (χ0n) is 13.6. The van der Waals surface area contributed by atoms with Crippen molar-refractivity contribution in [3.8, 4) is 6.07 Å². The lowest BCUT2D eigenvalue weighted by atomic mass is 10.2. The molecule has 0 fully saturated rings. The number of rotatable bonds is 4. The first-order valence-electron chi connectivity index (χ1n) is 7.58. The minimum Gasteiger partial charge on any atom is -0.339 e. The van der Waals surface area contributed by atoms with Gasteiger partial charge in [-0.05, 0) is 31.2 Å². The van der Waals surface area contributed by atoms with Crippen molar-refractivity contribution in [2.24, 2.45) is 0 Å². The maximum Gasteiger partial charge on any atom is 0.138 e. The Kier molecular flexibility index (Phi) is 4.39. The average Bonchev–Trinajstić information content (AvgIpc) is 2.62. The van der Waals surface area contributed by atoms with Crippen LogP contribution in [0.25, 0.3) is 0 Å². The lowest BCUT2D eigenvalue weighted by Gasteiger charge is -2.19. The summed E-state index contributed by atoms with van der Waals surface area (Å²) in [7, 11) is 1.96. The monoisotopic (exact) mass is 315 g/mol. The van der Waals surface area contributed by atoms with Gasteiger partial charge >= 0.3 is 0 Å². The van der Waals surface area contributed by atoms with Gasteiger partial charge in [-0.2, -0.15) is 5.26 Å². The molecule has 0 aliphatic carbocycles. The zero-order valence-corrected chi connectivity index (χ0v) is 13.6. The Morgan fingerprint density at radius 1 is 1.00 bits per heavy atom. The second kappa shape index (κ2) is 6.80. The van der Waals surface area contributed by atoms with Gasteiger partial charge in [0.25, 0.3) is 0 Å². The third kappa shape index (κ3) is 3.33. The summed E-state index contributed by atoms with van der Waals surface area (Å²) in [6.07, 6.45) is 0. The minimum atomic E-state index is 0.576. The molecule has 0 radical (unpaired) electrons. The van der Waals surface area contributed by atoms with Crippen LogP contribution in [0.4, 0.5) is 23.0 Å². The summed E-state index contributed by atoms with van der Waals surface area (Å²) in [6, 6.07) is 21.4. The molecule has 0 bridgehead atoms. The SMILES string of the molecule is Cc1nc(Nc2ccccc2C#N)cc(N(C)c2ccccc2)n1. The van der Waals surface area contributed by atoms with Gasteiger partial charge in [-0.25, -0.2) is 9.97 Å². The van der Waals surface area contributed by atoms with E-state index in [1.165, 1.54) is 0 Å². The molecular formula is C19H17N5. The van der Waals surface area contributed by atoms with Crippen molar-refractivity contribution in [3.05, 3.63) is 72.1 Å². The molecule has 0 saturated heterocycles. The van der Waals surface area contributed by atoms with Gasteiger partial charge in [0.2, 0.25) is 0 Å². The molecule has 0 spiro atoms. The molecule has 3 aromatic rings. The summed E-state index contributed by atoms with van der Waals surface area (Å²) in [5.74, 6) is 2.10. The summed E-state index contributed by atoms with van der Waals surface area (Å²) >= 11 is 0. The van der Waals surface area contributed by atoms with Crippen LogP contribution in [-0.2, 0) is 0 Å². The first-order valence-corrected chi connectivity index (χ1v) is 7.58. The van der Waals surface area contributed by atoms with Crippen LogP contribution in [0.5, 0.6) is 0 Å². The Hall–Kier alpha value is -3.39. The van der Waals surface area contributed by atoms with Crippen LogP contribution in [0.3, 0.4) is 0 Å². The van der Waals surface area contributed by atoms with Crippen LogP contribution in [-0.4, -0.2) is 17.0 Å². The Morgan fingerprint density at radius 2 is 1.71 bits per heavy atom. The highest BCUT2D eigenvalue weighted by Crippen LogP contribution is 2.25. The van der Waals surface area contributed by atoms with Crippen molar-refractivity contribution >= 4 is 23.0 Å². The van der Waals surface area contributed by atoms with E-state index in [9.17, 15) is 5.26 Å². The topological polar surface area (TPSA) is 64.8 Å². The molecule has 3 rings (SSSR count). The van der Waals surface area contributed by atoms with Crippen molar-refractivity contribution in [1.29, 1.82) is 5.26 Å². The summed E-state index contributed by atoms with van der Waals surface area (Å²) in [4.78, 5) is 10.9. The number of para-hydroxylation sites is 2. The third-order valence-corrected chi connectivity index (χ3v) is 3.62. The molecule has 5 heteroatoms. The summed E-state index contributed by atoms with van der Waals surface area (Å²) in [5.41, 5.74) is 2.34. The Bertz CT molecular complexity index is 884. The maximum atomic E-state index is 9.21. The largest absolute Gasteiger partial charge is 0.339 e. The van der Waals surface area contributed by atoms with Crippen LogP contribution < -0.4 is 10.2 Å². The van der Waals surface area contributed by atoms with Gasteiger partial charge in [0.05, 0.1) is 11.3 Å². The standard InChI is InChI=1S/C19H17N5/c1-14-21-18(23-17-11-7-6-8-15(17)13-20)12-19(22-14)24(2)16-9-4-3-5-10-16/h3-12H,1-2H3,(H,21,22,23). The molecule has 5 nitrogen and oxygen atoms in total. The van der Waals surface area contributed by atoms with E-state index in [4.69, 9.17) is 0 Å². The molecule has 0 unspecified atom stereocenters. The normalized spacial score (nSPS) is 10.0. The van der Waals surface area contributed by atoms with E-state index in [1.807, 2.05) is 73.5 Å². The van der Waals surface area contributed by atoms with Gasteiger partial charge in [0.15, 0.2) is 0 Å². The second-order valence-electron chi connectivity index (χ2n) is 5.34. The minimum absolute atomic E-state index is 0.576. The van der Waals surface area contributed by atoms with Gasteiger partial charge in [0, 0.05) is 18.8 Å². The van der Waals surface area contributed by atoms with Gasteiger partial charge in [0.1, 0.15) is 23.5 Å². The number of nitrogens with zero attached hydrogens (tertiary/aromatic N) is 4. The number of aromatic nitrogens is 2. The summed E-state index contributed by atoms with van der Waals surface area (Å²) < 4.78 is 0. The zero-order chi connectivity index (χ0) is 16.9. The predicted octanol–water partition coefficient (Wildman–Crippen LogP) is 4.17. The lowest BCUT2D eigenvalue weighted by molar-refractivity contribution is 1.02. The van der Waals surface area contributed by atoms with E-state index in [-0.39, 0.29) is 0 Å².